The molecule has 0 unspecified atom stereocenters. The molecule has 5 heteroatoms. The summed E-state index contributed by atoms with van der Waals surface area (Å²) in [4.78, 5) is 25.3. The molecule has 114 valence electrons. The minimum absolute atomic E-state index is 0.0138. The topological polar surface area (TPSA) is 55.8 Å². The maximum Gasteiger partial charge on any atom is 0.417 e. The molecular formula is C16H21NO4. The Morgan fingerprint density at radius 1 is 1.33 bits per heavy atom. The van der Waals surface area contributed by atoms with Crippen LogP contribution in [0.15, 0.2) is 24.3 Å². The van der Waals surface area contributed by atoms with Crippen molar-refractivity contribution in [3.8, 4) is 5.75 Å². The van der Waals surface area contributed by atoms with E-state index in [2.05, 4.69) is 0 Å². The molecule has 0 aromatic heterocycles. The van der Waals surface area contributed by atoms with Gasteiger partial charge in [-0.25, -0.2) is 9.69 Å². The Balaban J connectivity index is 2.10. The molecule has 1 aromatic carbocycles. The number of amides is 2. The van der Waals surface area contributed by atoms with Crippen LogP contribution in [0.4, 0.5) is 4.79 Å². The lowest BCUT2D eigenvalue weighted by Crippen LogP contribution is -2.37. The second-order valence-electron chi connectivity index (χ2n) is 6.16. The Hall–Kier alpha value is -2.04. The number of rotatable bonds is 2. The molecule has 0 N–H and O–H groups in total. The highest BCUT2D eigenvalue weighted by Crippen LogP contribution is 2.31. The second-order valence-corrected chi connectivity index (χ2v) is 6.16. The highest BCUT2D eigenvalue weighted by atomic mass is 16.6. The summed E-state index contributed by atoms with van der Waals surface area (Å²) in [5.74, 6) is 0.535. The van der Waals surface area contributed by atoms with Crippen LogP contribution in [-0.2, 0) is 9.53 Å². The maximum atomic E-state index is 12.0. The number of imide groups is 1. The Labute approximate surface area is 124 Å². The Morgan fingerprint density at radius 3 is 2.67 bits per heavy atom. The predicted octanol–water partition coefficient (Wildman–Crippen LogP) is 2.95. The van der Waals surface area contributed by atoms with E-state index < -0.39 is 11.7 Å². The van der Waals surface area contributed by atoms with E-state index in [0.29, 0.717) is 13.0 Å². The molecule has 1 saturated heterocycles. The molecule has 0 aliphatic carbocycles. The zero-order valence-corrected chi connectivity index (χ0v) is 12.9. The van der Waals surface area contributed by atoms with Crippen molar-refractivity contribution in [2.45, 2.75) is 38.7 Å². The number of carbonyl (C=O) groups excluding carboxylic acids is 2. The van der Waals surface area contributed by atoms with E-state index >= 15 is 0 Å². The smallest absolute Gasteiger partial charge is 0.417 e. The predicted molar refractivity (Wildman–Crippen MR) is 78.3 cm³/mol. The summed E-state index contributed by atoms with van der Waals surface area (Å²) < 4.78 is 10.5. The van der Waals surface area contributed by atoms with Crippen molar-refractivity contribution < 1.29 is 19.1 Å². The van der Waals surface area contributed by atoms with Gasteiger partial charge in [-0.05, 0) is 38.5 Å². The van der Waals surface area contributed by atoms with Gasteiger partial charge in [0.25, 0.3) is 0 Å². The number of benzene rings is 1. The van der Waals surface area contributed by atoms with Crippen LogP contribution < -0.4 is 4.74 Å². The van der Waals surface area contributed by atoms with Gasteiger partial charge in [-0.3, -0.25) is 4.79 Å². The zero-order chi connectivity index (χ0) is 15.6. The lowest BCUT2D eigenvalue weighted by molar-refractivity contribution is -0.126. The number of ether oxygens (including phenoxy) is 2. The van der Waals surface area contributed by atoms with Gasteiger partial charge in [0.15, 0.2) is 0 Å². The summed E-state index contributed by atoms with van der Waals surface area (Å²) in [6, 6.07) is 7.58. The molecule has 1 fully saturated rings. The van der Waals surface area contributed by atoms with E-state index in [-0.39, 0.29) is 11.8 Å². The fraction of sp³-hybridized carbons (Fsp3) is 0.500. The van der Waals surface area contributed by atoms with Gasteiger partial charge in [0.05, 0.1) is 7.11 Å². The van der Waals surface area contributed by atoms with Crippen molar-refractivity contribution in [3.05, 3.63) is 29.8 Å². The van der Waals surface area contributed by atoms with Crippen LogP contribution in [0.1, 0.15) is 38.7 Å². The fourth-order valence-electron chi connectivity index (χ4n) is 2.32. The quantitative estimate of drug-likeness (QED) is 0.840. The summed E-state index contributed by atoms with van der Waals surface area (Å²) in [7, 11) is 1.60. The number of likely N-dealkylation sites (tertiary alicyclic amines) is 1. The van der Waals surface area contributed by atoms with Crippen LogP contribution in [0.25, 0.3) is 0 Å². The molecule has 0 radical (unpaired) electrons. The van der Waals surface area contributed by atoms with Crippen LogP contribution in [0.5, 0.6) is 5.75 Å². The molecule has 0 bridgehead atoms. The van der Waals surface area contributed by atoms with Crippen LogP contribution in [0.3, 0.4) is 0 Å². The van der Waals surface area contributed by atoms with E-state index in [9.17, 15) is 9.59 Å². The van der Waals surface area contributed by atoms with Gasteiger partial charge in [0.1, 0.15) is 11.4 Å². The third kappa shape index (κ3) is 3.74. The molecule has 1 aromatic rings. The zero-order valence-electron chi connectivity index (χ0n) is 12.9. The molecule has 0 spiro atoms. The van der Waals surface area contributed by atoms with E-state index in [1.165, 1.54) is 4.90 Å². The highest BCUT2D eigenvalue weighted by molar-refractivity contribution is 5.94. The molecule has 5 nitrogen and oxygen atoms in total. The van der Waals surface area contributed by atoms with Crippen molar-refractivity contribution in [1.29, 1.82) is 0 Å². The lowest BCUT2D eigenvalue weighted by atomic mass is 9.98. The second kappa shape index (κ2) is 5.76. The molecular weight excluding hydrogens is 270 g/mol. The fourth-order valence-corrected chi connectivity index (χ4v) is 2.32. The maximum absolute atomic E-state index is 12.0. The van der Waals surface area contributed by atoms with Crippen LogP contribution in [0, 0.1) is 0 Å². The number of nitrogens with zero attached hydrogens (tertiary/aromatic N) is 1. The number of methoxy groups -OCH3 is 1. The first-order chi connectivity index (χ1) is 9.80. The number of carbonyl (C=O) groups is 2. The molecule has 0 saturated carbocycles. The Kier molecular flexibility index (Phi) is 4.21. The summed E-state index contributed by atoms with van der Waals surface area (Å²) >= 11 is 0. The monoisotopic (exact) mass is 291 g/mol. The third-order valence-corrected chi connectivity index (χ3v) is 3.30. The first kappa shape index (κ1) is 15.4. The molecule has 1 aliphatic rings. The average Bonchev–Trinajstić information content (AvgIpc) is 2.79. The van der Waals surface area contributed by atoms with Crippen molar-refractivity contribution in [1.82, 2.24) is 4.90 Å². The SMILES string of the molecule is COc1cccc([C@H]2CC(=O)N(C(=O)OC(C)(C)C)C2)c1. The molecule has 1 atom stereocenters. The highest BCUT2D eigenvalue weighted by Gasteiger charge is 2.37. The standard InChI is InChI=1S/C16H21NO4/c1-16(2,3)21-15(19)17-10-12(9-14(17)18)11-6-5-7-13(8-11)20-4/h5-8,12H,9-10H2,1-4H3/t12-/m0/s1. The molecule has 2 rings (SSSR count). The normalized spacial score (nSPS) is 18.8. The largest absolute Gasteiger partial charge is 0.497 e. The number of hydrogen-bond donors (Lipinski definition) is 0. The van der Waals surface area contributed by atoms with Gasteiger partial charge in [0, 0.05) is 18.9 Å². The van der Waals surface area contributed by atoms with E-state index in [4.69, 9.17) is 9.47 Å². The first-order valence-corrected chi connectivity index (χ1v) is 6.97. The van der Waals surface area contributed by atoms with Gasteiger partial charge in [-0.2, -0.15) is 0 Å². The van der Waals surface area contributed by atoms with Crippen molar-refractivity contribution in [2.75, 3.05) is 13.7 Å². The van der Waals surface area contributed by atoms with E-state index in [0.717, 1.165) is 11.3 Å². The molecule has 2 amide bonds. The van der Waals surface area contributed by atoms with Crippen LogP contribution in [0.2, 0.25) is 0 Å². The average molecular weight is 291 g/mol. The van der Waals surface area contributed by atoms with Crippen molar-refractivity contribution >= 4 is 12.0 Å². The van der Waals surface area contributed by atoms with E-state index in [1.807, 2.05) is 24.3 Å². The third-order valence-electron chi connectivity index (χ3n) is 3.30. The van der Waals surface area contributed by atoms with Gasteiger partial charge in [-0.15, -0.1) is 0 Å². The van der Waals surface area contributed by atoms with Crippen LogP contribution >= 0.6 is 0 Å². The summed E-state index contributed by atoms with van der Waals surface area (Å²) in [6.45, 7) is 5.70. The Morgan fingerprint density at radius 2 is 2.05 bits per heavy atom. The van der Waals surface area contributed by atoms with Crippen molar-refractivity contribution in [3.63, 3.8) is 0 Å². The first-order valence-electron chi connectivity index (χ1n) is 6.97. The van der Waals surface area contributed by atoms with Crippen LogP contribution in [-0.4, -0.2) is 36.2 Å². The number of hydrogen-bond acceptors (Lipinski definition) is 4. The van der Waals surface area contributed by atoms with Crippen molar-refractivity contribution in [2.24, 2.45) is 0 Å². The Bertz CT molecular complexity index is 547. The summed E-state index contributed by atoms with van der Waals surface area (Å²) in [6.07, 6.45) is -0.259. The summed E-state index contributed by atoms with van der Waals surface area (Å²) in [5, 5.41) is 0. The van der Waals surface area contributed by atoms with E-state index in [1.54, 1.807) is 27.9 Å². The van der Waals surface area contributed by atoms with Gasteiger partial charge < -0.3 is 9.47 Å². The lowest BCUT2D eigenvalue weighted by Gasteiger charge is -2.23. The van der Waals surface area contributed by atoms with Gasteiger partial charge >= 0.3 is 6.09 Å². The molecule has 1 aliphatic heterocycles. The molecule has 1 heterocycles. The van der Waals surface area contributed by atoms with Gasteiger partial charge in [0.2, 0.25) is 5.91 Å². The molecule has 21 heavy (non-hydrogen) atoms. The van der Waals surface area contributed by atoms with Gasteiger partial charge in [-0.1, -0.05) is 12.1 Å². The minimum atomic E-state index is -0.606. The minimum Gasteiger partial charge on any atom is -0.497 e. The summed E-state index contributed by atoms with van der Waals surface area (Å²) in [5.41, 5.74) is 0.388.